The number of amides is 1. The summed E-state index contributed by atoms with van der Waals surface area (Å²) in [6.07, 6.45) is 0.872. The third-order valence-electron chi connectivity index (χ3n) is 5.29. The van der Waals surface area contributed by atoms with Gasteiger partial charge in [-0.3, -0.25) is 9.69 Å². The van der Waals surface area contributed by atoms with Crippen molar-refractivity contribution in [1.82, 2.24) is 4.98 Å². The second-order valence-corrected chi connectivity index (χ2v) is 8.36. The van der Waals surface area contributed by atoms with Crippen molar-refractivity contribution in [3.8, 4) is 0 Å². The van der Waals surface area contributed by atoms with Gasteiger partial charge in [0.1, 0.15) is 18.9 Å². The first kappa shape index (κ1) is 19.9. The summed E-state index contributed by atoms with van der Waals surface area (Å²) < 4.78 is 19.8. The first-order chi connectivity index (χ1) is 14.1. The molecule has 1 aliphatic rings. The van der Waals surface area contributed by atoms with Gasteiger partial charge in [0.15, 0.2) is 5.13 Å². The van der Waals surface area contributed by atoms with Crippen LogP contribution in [0.25, 0.3) is 10.2 Å². The predicted molar refractivity (Wildman–Crippen MR) is 113 cm³/mol. The number of halogens is 1. The summed E-state index contributed by atoms with van der Waals surface area (Å²) in [5.74, 6) is -0.488. The van der Waals surface area contributed by atoms with E-state index in [2.05, 4.69) is 0 Å². The number of fused-ring (bicyclic) bond motifs is 1. The monoisotopic (exact) mass is 414 g/mol. The number of morpholine rings is 1. The van der Waals surface area contributed by atoms with E-state index >= 15 is 0 Å². The van der Waals surface area contributed by atoms with Gasteiger partial charge >= 0.3 is 0 Å². The summed E-state index contributed by atoms with van der Waals surface area (Å²) in [4.78, 5) is 21.3. The number of ether oxygens (including phenoxy) is 1. The van der Waals surface area contributed by atoms with Crippen molar-refractivity contribution in [3.05, 3.63) is 59.4 Å². The van der Waals surface area contributed by atoms with E-state index < -0.39 is 0 Å². The van der Waals surface area contributed by atoms with Crippen LogP contribution < -0.4 is 9.80 Å². The highest BCUT2D eigenvalue weighted by molar-refractivity contribution is 7.22. The molecule has 0 radical (unpaired) electrons. The molecule has 2 heterocycles. The first-order valence-corrected chi connectivity index (χ1v) is 10.8. The number of aromatic nitrogens is 1. The highest BCUT2D eigenvalue weighted by Crippen LogP contribution is 2.31. The van der Waals surface area contributed by atoms with Crippen molar-refractivity contribution >= 4 is 32.6 Å². The molecule has 1 aliphatic heterocycles. The van der Waals surface area contributed by atoms with Crippen LogP contribution in [-0.2, 0) is 4.74 Å². The lowest BCUT2D eigenvalue weighted by atomic mass is 10.2. The minimum absolute atomic E-state index is 0.140. The van der Waals surface area contributed by atoms with Crippen LogP contribution in [0.15, 0.2) is 42.5 Å². The Morgan fingerprint density at radius 3 is 2.69 bits per heavy atom. The SMILES string of the molecule is Cc1cccc2sc(N(CCC[NH+]3CCOCC3)C(=O)c3ccc(F)cc3)nc12. The van der Waals surface area contributed by atoms with Crippen LogP contribution in [0.1, 0.15) is 22.3 Å². The Morgan fingerprint density at radius 1 is 1.21 bits per heavy atom. The topological polar surface area (TPSA) is 46.9 Å². The average Bonchev–Trinajstić information content (AvgIpc) is 3.17. The number of benzene rings is 2. The number of rotatable bonds is 6. The molecular weight excluding hydrogens is 389 g/mol. The third kappa shape index (κ3) is 4.63. The second-order valence-electron chi connectivity index (χ2n) is 7.35. The minimum atomic E-state index is -0.348. The predicted octanol–water partition coefficient (Wildman–Crippen LogP) is 2.70. The maximum Gasteiger partial charge on any atom is 0.260 e. The van der Waals surface area contributed by atoms with Crippen LogP contribution in [-0.4, -0.2) is 50.3 Å². The molecule has 5 nitrogen and oxygen atoms in total. The first-order valence-electron chi connectivity index (χ1n) is 9.97. The Hall–Kier alpha value is -2.35. The fraction of sp³-hybridized carbons (Fsp3) is 0.364. The summed E-state index contributed by atoms with van der Waals surface area (Å²) in [6.45, 7) is 7.20. The highest BCUT2D eigenvalue weighted by Gasteiger charge is 2.23. The zero-order valence-electron chi connectivity index (χ0n) is 16.5. The second kappa shape index (κ2) is 8.98. The Bertz CT molecular complexity index is 983. The smallest absolute Gasteiger partial charge is 0.260 e. The van der Waals surface area contributed by atoms with Crippen LogP contribution in [0.2, 0.25) is 0 Å². The molecule has 0 saturated carbocycles. The van der Waals surface area contributed by atoms with Crippen molar-refractivity contribution in [1.29, 1.82) is 0 Å². The van der Waals surface area contributed by atoms with E-state index in [4.69, 9.17) is 9.72 Å². The van der Waals surface area contributed by atoms with Gasteiger partial charge in [-0.25, -0.2) is 9.37 Å². The number of nitrogens with one attached hydrogen (secondary N) is 1. The molecule has 0 bridgehead atoms. The largest absolute Gasteiger partial charge is 0.370 e. The molecule has 0 unspecified atom stereocenters. The molecule has 0 aliphatic carbocycles. The number of quaternary nitrogens is 1. The van der Waals surface area contributed by atoms with Crippen LogP contribution in [0.4, 0.5) is 9.52 Å². The number of thiazole rings is 1. The lowest BCUT2D eigenvalue weighted by molar-refractivity contribution is -0.908. The molecule has 3 aromatic rings. The Morgan fingerprint density at radius 2 is 1.97 bits per heavy atom. The maximum atomic E-state index is 13.3. The van der Waals surface area contributed by atoms with Crippen LogP contribution >= 0.6 is 11.3 Å². The third-order valence-corrected chi connectivity index (χ3v) is 6.33. The van der Waals surface area contributed by atoms with Crippen molar-refractivity contribution in [2.24, 2.45) is 0 Å². The van der Waals surface area contributed by atoms with Crippen molar-refractivity contribution < 1.29 is 18.8 Å². The molecule has 1 N–H and O–H groups in total. The van der Waals surface area contributed by atoms with Crippen LogP contribution in [0.5, 0.6) is 0 Å². The molecule has 0 spiro atoms. The van der Waals surface area contributed by atoms with Crippen molar-refractivity contribution in [2.45, 2.75) is 13.3 Å². The quantitative estimate of drug-likeness (QED) is 0.675. The number of anilines is 1. The van der Waals surface area contributed by atoms with E-state index in [1.807, 2.05) is 25.1 Å². The molecule has 152 valence electrons. The lowest BCUT2D eigenvalue weighted by Gasteiger charge is -2.25. The van der Waals surface area contributed by atoms with Crippen LogP contribution in [0.3, 0.4) is 0 Å². The Labute approximate surface area is 173 Å². The van der Waals surface area contributed by atoms with Gasteiger partial charge in [0, 0.05) is 18.5 Å². The number of hydrogen-bond acceptors (Lipinski definition) is 4. The molecule has 29 heavy (non-hydrogen) atoms. The number of hydrogen-bond donors (Lipinski definition) is 1. The standard InChI is InChI=1S/C22H24FN3O2S/c1-16-4-2-5-19-20(16)24-22(29-19)26(11-3-10-25-12-14-28-15-13-25)21(27)17-6-8-18(23)9-7-17/h2,4-9H,3,10-15H2,1H3/p+1. The van der Waals surface area contributed by atoms with E-state index in [1.54, 1.807) is 4.90 Å². The van der Waals surface area contributed by atoms with Gasteiger partial charge in [-0.05, 0) is 42.8 Å². The molecule has 1 saturated heterocycles. The van der Waals surface area contributed by atoms with Gasteiger partial charge in [-0.2, -0.15) is 0 Å². The summed E-state index contributed by atoms with van der Waals surface area (Å²) in [5.41, 5.74) is 2.50. The Kier molecular flexibility index (Phi) is 6.18. The van der Waals surface area contributed by atoms with Gasteiger partial charge in [0.05, 0.1) is 30.0 Å². The number of nitrogens with zero attached hydrogens (tertiary/aromatic N) is 2. The number of aryl methyl sites for hydroxylation is 1. The maximum absolute atomic E-state index is 13.3. The molecular formula is C22H25FN3O2S+. The molecule has 1 aromatic heterocycles. The molecule has 4 rings (SSSR count). The number of carbonyl (C=O) groups is 1. The fourth-order valence-electron chi connectivity index (χ4n) is 3.62. The summed E-state index contributed by atoms with van der Waals surface area (Å²) in [5, 5.41) is 0.695. The van der Waals surface area contributed by atoms with E-state index in [9.17, 15) is 9.18 Å². The summed E-state index contributed by atoms with van der Waals surface area (Å²) in [6, 6.07) is 11.8. The molecule has 7 heteroatoms. The highest BCUT2D eigenvalue weighted by atomic mass is 32.1. The van der Waals surface area contributed by atoms with Crippen molar-refractivity contribution in [2.75, 3.05) is 44.3 Å². The molecule has 1 amide bonds. The zero-order chi connectivity index (χ0) is 20.2. The zero-order valence-corrected chi connectivity index (χ0v) is 17.3. The van der Waals surface area contributed by atoms with Gasteiger partial charge in [0.2, 0.25) is 0 Å². The summed E-state index contributed by atoms with van der Waals surface area (Å²) in [7, 11) is 0. The van der Waals surface area contributed by atoms with Crippen LogP contribution in [0, 0.1) is 12.7 Å². The molecule has 0 atom stereocenters. The molecule has 1 fully saturated rings. The van der Waals surface area contributed by atoms with Gasteiger partial charge in [0.25, 0.3) is 5.91 Å². The van der Waals surface area contributed by atoms with E-state index in [1.165, 1.54) is 40.5 Å². The lowest BCUT2D eigenvalue weighted by Crippen LogP contribution is -3.14. The summed E-state index contributed by atoms with van der Waals surface area (Å²) >= 11 is 1.52. The normalized spacial score (nSPS) is 15.0. The van der Waals surface area contributed by atoms with E-state index in [0.717, 1.165) is 55.0 Å². The Balaban J connectivity index is 1.57. The average molecular weight is 415 g/mol. The fourth-order valence-corrected chi connectivity index (χ4v) is 4.69. The van der Waals surface area contributed by atoms with Gasteiger partial charge in [-0.1, -0.05) is 23.5 Å². The minimum Gasteiger partial charge on any atom is -0.370 e. The number of para-hydroxylation sites is 1. The van der Waals surface area contributed by atoms with E-state index in [0.29, 0.717) is 17.2 Å². The van der Waals surface area contributed by atoms with Gasteiger partial charge < -0.3 is 9.64 Å². The van der Waals surface area contributed by atoms with Gasteiger partial charge in [-0.15, -0.1) is 0 Å². The van der Waals surface area contributed by atoms with E-state index in [-0.39, 0.29) is 11.7 Å². The van der Waals surface area contributed by atoms with Crippen molar-refractivity contribution in [3.63, 3.8) is 0 Å². The molecule has 2 aromatic carbocycles. The number of carbonyl (C=O) groups excluding carboxylic acids is 1.